The monoisotopic (exact) mass is 389 g/mol. The second-order valence-electron chi connectivity index (χ2n) is 7.32. The lowest BCUT2D eigenvalue weighted by atomic mass is 10.1. The van der Waals surface area contributed by atoms with Crippen molar-refractivity contribution in [2.24, 2.45) is 5.92 Å². The summed E-state index contributed by atoms with van der Waals surface area (Å²) in [5, 5.41) is 10.6. The average molecular weight is 389 g/mol. The summed E-state index contributed by atoms with van der Waals surface area (Å²) < 4.78 is 7.36. The van der Waals surface area contributed by atoms with Crippen LogP contribution in [0.15, 0.2) is 53.5 Å². The van der Waals surface area contributed by atoms with Crippen LogP contribution in [-0.4, -0.2) is 23.9 Å². The highest BCUT2D eigenvalue weighted by Gasteiger charge is 2.18. The Morgan fingerprint density at radius 2 is 2.07 bits per heavy atom. The molecule has 2 N–H and O–H groups in total. The summed E-state index contributed by atoms with van der Waals surface area (Å²) in [6.45, 7) is 4.02. The molecule has 1 aromatic heterocycles. The third-order valence-corrected chi connectivity index (χ3v) is 4.86. The zero-order valence-corrected chi connectivity index (χ0v) is 17.2. The summed E-state index contributed by atoms with van der Waals surface area (Å²) in [5.41, 5.74) is 3.08. The standard InChI is InChI=1S/C24H27N3O2/c1-17-14-23(29-16-22(25)12-13-26-3)15-24(28)27(17)18(2)21-10-8-20(9-11-21)7-6-19-4-5-19/h8-15,18-19,25-26H,4-5,16H2,1-3H3/b13-12-,25-22?/t18-/m1/s1. The normalized spacial score (nSPS) is 14.2. The first-order valence-corrected chi connectivity index (χ1v) is 9.86. The minimum absolute atomic E-state index is 0.0983. The number of aromatic nitrogens is 1. The molecule has 2 aromatic rings. The summed E-state index contributed by atoms with van der Waals surface area (Å²) >= 11 is 0. The average Bonchev–Trinajstić information content (AvgIpc) is 3.53. The molecule has 1 aromatic carbocycles. The molecule has 1 aliphatic carbocycles. The van der Waals surface area contributed by atoms with E-state index in [2.05, 4.69) is 17.2 Å². The number of aryl methyl sites for hydroxylation is 1. The van der Waals surface area contributed by atoms with E-state index in [-0.39, 0.29) is 18.2 Å². The van der Waals surface area contributed by atoms with Gasteiger partial charge in [0.25, 0.3) is 5.56 Å². The van der Waals surface area contributed by atoms with Crippen molar-refractivity contribution in [2.75, 3.05) is 13.7 Å². The van der Waals surface area contributed by atoms with Gasteiger partial charge in [0.05, 0.1) is 11.8 Å². The van der Waals surface area contributed by atoms with E-state index in [0.29, 0.717) is 17.4 Å². The molecule has 5 heteroatoms. The Hall–Kier alpha value is -3.26. The minimum Gasteiger partial charge on any atom is -0.487 e. The van der Waals surface area contributed by atoms with Gasteiger partial charge in [0.2, 0.25) is 0 Å². The van der Waals surface area contributed by atoms with E-state index in [1.807, 2.05) is 44.2 Å². The van der Waals surface area contributed by atoms with Crippen LogP contribution in [0, 0.1) is 30.1 Å². The van der Waals surface area contributed by atoms with Gasteiger partial charge in [0.15, 0.2) is 0 Å². The molecule has 29 heavy (non-hydrogen) atoms. The van der Waals surface area contributed by atoms with Crippen LogP contribution in [0.4, 0.5) is 0 Å². The van der Waals surface area contributed by atoms with Gasteiger partial charge in [-0.3, -0.25) is 4.79 Å². The SMILES string of the molecule is CN/C=C\C(=N)COc1cc(C)n([C@H](C)c2ccc(C#CC3CC3)cc2)c(=O)c1. The van der Waals surface area contributed by atoms with Gasteiger partial charge in [-0.1, -0.05) is 24.0 Å². The summed E-state index contributed by atoms with van der Waals surface area (Å²) in [7, 11) is 1.77. The molecule has 1 aliphatic rings. The molecule has 1 saturated carbocycles. The molecular weight excluding hydrogens is 362 g/mol. The quantitative estimate of drug-likeness (QED) is 0.561. The first-order valence-electron chi connectivity index (χ1n) is 9.86. The topological polar surface area (TPSA) is 67.1 Å². The van der Waals surface area contributed by atoms with E-state index in [9.17, 15) is 4.79 Å². The van der Waals surface area contributed by atoms with E-state index in [1.165, 1.54) is 18.9 Å². The Balaban J connectivity index is 1.72. The Bertz CT molecular complexity index is 1020. The molecule has 0 aliphatic heterocycles. The van der Waals surface area contributed by atoms with Crippen LogP contribution in [0.25, 0.3) is 0 Å². The molecule has 150 valence electrons. The zero-order chi connectivity index (χ0) is 20.8. The maximum atomic E-state index is 12.7. The van der Waals surface area contributed by atoms with Crippen molar-refractivity contribution in [3.8, 4) is 17.6 Å². The third-order valence-electron chi connectivity index (χ3n) is 4.86. The van der Waals surface area contributed by atoms with Crippen LogP contribution in [0.1, 0.15) is 42.6 Å². The lowest BCUT2D eigenvalue weighted by Gasteiger charge is -2.19. The summed E-state index contributed by atoms with van der Waals surface area (Å²) in [6.07, 6.45) is 5.73. The van der Waals surface area contributed by atoms with Gasteiger partial charge >= 0.3 is 0 Å². The van der Waals surface area contributed by atoms with Gasteiger partial charge in [-0.15, -0.1) is 0 Å². The number of ether oxygens (including phenoxy) is 1. The van der Waals surface area contributed by atoms with Crippen molar-refractivity contribution >= 4 is 5.71 Å². The number of hydrogen-bond acceptors (Lipinski definition) is 4. The Morgan fingerprint density at radius 1 is 1.34 bits per heavy atom. The third kappa shape index (κ3) is 5.61. The summed E-state index contributed by atoms with van der Waals surface area (Å²) in [6, 6.07) is 11.3. The highest BCUT2D eigenvalue weighted by atomic mass is 16.5. The molecule has 0 unspecified atom stereocenters. The highest BCUT2D eigenvalue weighted by molar-refractivity contribution is 5.93. The van der Waals surface area contributed by atoms with Crippen LogP contribution in [0.5, 0.6) is 5.75 Å². The molecule has 5 nitrogen and oxygen atoms in total. The summed E-state index contributed by atoms with van der Waals surface area (Å²) in [4.78, 5) is 12.7. The largest absolute Gasteiger partial charge is 0.487 e. The number of benzene rings is 1. The number of nitrogens with one attached hydrogen (secondary N) is 2. The van der Waals surface area contributed by atoms with Crippen molar-refractivity contribution in [1.82, 2.24) is 9.88 Å². The van der Waals surface area contributed by atoms with E-state index in [1.54, 1.807) is 23.9 Å². The number of rotatable bonds is 7. The Labute approximate surface area is 171 Å². The van der Waals surface area contributed by atoms with Crippen LogP contribution in [-0.2, 0) is 0 Å². The van der Waals surface area contributed by atoms with Gasteiger partial charge in [-0.05, 0) is 62.7 Å². The zero-order valence-electron chi connectivity index (χ0n) is 17.2. The summed E-state index contributed by atoms with van der Waals surface area (Å²) in [5.74, 6) is 7.54. The van der Waals surface area contributed by atoms with Crippen molar-refractivity contribution < 1.29 is 4.74 Å². The maximum absolute atomic E-state index is 12.7. The van der Waals surface area contributed by atoms with E-state index < -0.39 is 0 Å². The van der Waals surface area contributed by atoms with E-state index in [0.717, 1.165) is 16.8 Å². The highest BCUT2D eigenvalue weighted by Crippen LogP contribution is 2.27. The molecule has 1 fully saturated rings. The van der Waals surface area contributed by atoms with Gasteiger partial charge in [-0.2, -0.15) is 0 Å². The molecular formula is C24H27N3O2. The first kappa shape index (κ1) is 20.5. The first-order chi connectivity index (χ1) is 14.0. The molecule has 3 rings (SSSR count). The molecule has 1 heterocycles. The number of hydrogen-bond donors (Lipinski definition) is 2. The predicted octanol–water partition coefficient (Wildman–Crippen LogP) is 3.66. The fourth-order valence-electron chi connectivity index (χ4n) is 3.06. The van der Waals surface area contributed by atoms with Crippen molar-refractivity contribution in [3.63, 3.8) is 0 Å². The molecule has 1 atom stereocenters. The maximum Gasteiger partial charge on any atom is 0.254 e. The van der Waals surface area contributed by atoms with E-state index >= 15 is 0 Å². The van der Waals surface area contributed by atoms with Crippen molar-refractivity contribution in [3.05, 3.63) is 75.8 Å². The minimum atomic E-state index is -0.123. The van der Waals surface area contributed by atoms with E-state index in [4.69, 9.17) is 10.1 Å². The fourth-order valence-corrected chi connectivity index (χ4v) is 3.06. The molecule has 0 spiro atoms. The molecule has 0 bridgehead atoms. The molecule has 0 radical (unpaired) electrons. The van der Waals surface area contributed by atoms with Crippen LogP contribution in [0.2, 0.25) is 0 Å². The lowest BCUT2D eigenvalue weighted by molar-refractivity contribution is 0.373. The van der Waals surface area contributed by atoms with Gasteiger partial charge in [0.1, 0.15) is 12.4 Å². The molecule has 0 saturated heterocycles. The van der Waals surface area contributed by atoms with Crippen molar-refractivity contribution in [1.29, 1.82) is 5.41 Å². The van der Waals surface area contributed by atoms with Gasteiger partial charge in [0, 0.05) is 30.3 Å². The van der Waals surface area contributed by atoms with Crippen LogP contribution < -0.4 is 15.6 Å². The second kappa shape index (κ2) is 9.29. The fraction of sp³-hybridized carbons (Fsp3) is 0.333. The Kier molecular flexibility index (Phi) is 6.56. The Morgan fingerprint density at radius 3 is 2.69 bits per heavy atom. The van der Waals surface area contributed by atoms with Crippen LogP contribution >= 0.6 is 0 Å². The van der Waals surface area contributed by atoms with Crippen LogP contribution in [0.3, 0.4) is 0 Å². The lowest BCUT2D eigenvalue weighted by Crippen LogP contribution is -2.25. The number of pyridine rings is 1. The smallest absolute Gasteiger partial charge is 0.254 e. The van der Waals surface area contributed by atoms with Gasteiger partial charge < -0.3 is 20.0 Å². The van der Waals surface area contributed by atoms with Gasteiger partial charge in [-0.25, -0.2) is 0 Å². The number of nitrogens with zero attached hydrogens (tertiary/aromatic N) is 1. The van der Waals surface area contributed by atoms with Crippen molar-refractivity contribution in [2.45, 2.75) is 32.7 Å². The second-order valence-corrected chi connectivity index (χ2v) is 7.32. The molecule has 0 amide bonds. The predicted molar refractivity (Wildman–Crippen MR) is 117 cm³/mol.